The quantitative estimate of drug-likeness (QED) is 0.633. The van der Waals surface area contributed by atoms with E-state index >= 15 is 0 Å². The molecule has 1 aromatic heterocycles. The van der Waals surface area contributed by atoms with Crippen molar-refractivity contribution in [3.8, 4) is 5.75 Å². The van der Waals surface area contributed by atoms with Crippen LogP contribution >= 0.6 is 0 Å². The third-order valence-electron chi connectivity index (χ3n) is 1.16. The number of phenolic OH excluding ortho intramolecular Hbond substituents is 1. The van der Waals surface area contributed by atoms with E-state index in [1.165, 1.54) is 0 Å². The number of aromatic hydroxyl groups is 1. The molecule has 0 aliphatic heterocycles. The molecule has 0 aliphatic carbocycles. The van der Waals surface area contributed by atoms with Gasteiger partial charge >= 0.3 is 0 Å². The van der Waals surface area contributed by atoms with E-state index in [1.807, 2.05) is 12.1 Å². The highest BCUT2D eigenvalue weighted by atomic mass is 16.3. The number of hydrogen-bond donors (Lipinski definition) is 2. The van der Waals surface area contributed by atoms with E-state index < -0.39 is 0 Å². The normalized spacial score (nSPS) is 7.69. The molecule has 1 heterocycles. The Morgan fingerprint density at radius 1 is 1.08 bits per heavy atom. The van der Waals surface area contributed by atoms with Crippen LogP contribution < -0.4 is 0 Å². The zero-order valence-electron chi connectivity index (χ0n) is 7.01. The van der Waals surface area contributed by atoms with E-state index in [2.05, 4.69) is 10.2 Å². The first-order valence-electron chi connectivity index (χ1n) is 3.57. The molecular weight excluding hydrogens is 168 g/mol. The second-order valence-electron chi connectivity index (χ2n) is 2.10. The molecule has 0 radical (unpaired) electrons. The van der Waals surface area contributed by atoms with Gasteiger partial charge in [-0.2, -0.15) is 5.10 Å². The SMILES string of the molecule is O.Oc1ccccc1.c1cn[nH]c1. The smallest absolute Gasteiger partial charge is 0.115 e. The Bertz CT molecular complexity index is 264. The minimum atomic E-state index is 0. The molecule has 0 aliphatic rings. The standard InChI is InChI=1S/C6H6O.C3H4N2.H2O/c7-6-4-2-1-3-5-6;1-2-4-5-3-1;/h1-5,7H;1-3H,(H,4,5);1H2. The maximum atomic E-state index is 8.63. The fourth-order valence-electron chi connectivity index (χ4n) is 0.643. The lowest BCUT2D eigenvalue weighted by molar-refractivity contribution is 0.475. The molecule has 4 heteroatoms. The largest absolute Gasteiger partial charge is 0.508 e. The molecule has 0 saturated carbocycles. The first-order valence-corrected chi connectivity index (χ1v) is 3.57. The number of nitrogens with zero attached hydrogens (tertiary/aromatic N) is 1. The highest BCUT2D eigenvalue weighted by Crippen LogP contribution is 2.02. The summed E-state index contributed by atoms with van der Waals surface area (Å²) in [6.07, 6.45) is 3.46. The zero-order valence-corrected chi connectivity index (χ0v) is 7.01. The van der Waals surface area contributed by atoms with Gasteiger partial charge in [-0.3, -0.25) is 5.10 Å². The molecule has 2 rings (SSSR count). The number of rotatable bonds is 0. The molecular formula is C9H12N2O2. The van der Waals surface area contributed by atoms with Gasteiger partial charge in [-0.25, -0.2) is 0 Å². The van der Waals surface area contributed by atoms with Gasteiger partial charge in [0, 0.05) is 12.4 Å². The predicted molar refractivity (Wildman–Crippen MR) is 50.3 cm³/mol. The van der Waals surface area contributed by atoms with Crippen molar-refractivity contribution in [2.75, 3.05) is 0 Å². The lowest BCUT2D eigenvalue weighted by atomic mass is 10.3. The minimum absolute atomic E-state index is 0. The van der Waals surface area contributed by atoms with Crippen molar-refractivity contribution in [2.45, 2.75) is 0 Å². The van der Waals surface area contributed by atoms with Crippen molar-refractivity contribution in [3.05, 3.63) is 48.8 Å². The van der Waals surface area contributed by atoms with E-state index in [9.17, 15) is 0 Å². The van der Waals surface area contributed by atoms with Crippen LogP contribution in [0.2, 0.25) is 0 Å². The van der Waals surface area contributed by atoms with Crippen LogP contribution in [0.1, 0.15) is 0 Å². The van der Waals surface area contributed by atoms with Gasteiger partial charge in [0.05, 0.1) is 0 Å². The molecule has 0 bridgehead atoms. The lowest BCUT2D eigenvalue weighted by Crippen LogP contribution is -1.56. The number of para-hydroxylation sites is 1. The summed E-state index contributed by atoms with van der Waals surface area (Å²) in [7, 11) is 0. The van der Waals surface area contributed by atoms with Crippen molar-refractivity contribution < 1.29 is 10.6 Å². The fraction of sp³-hybridized carbons (Fsp3) is 0. The first kappa shape index (κ1) is 11.2. The molecule has 0 atom stereocenters. The van der Waals surface area contributed by atoms with Crippen LogP contribution in [0.3, 0.4) is 0 Å². The number of benzene rings is 1. The first-order chi connectivity index (χ1) is 5.89. The summed E-state index contributed by atoms with van der Waals surface area (Å²) in [6, 6.07) is 10.5. The Labute approximate surface area is 76.2 Å². The third-order valence-corrected chi connectivity index (χ3v) is 1.16. The van der Waals surface area contributed by atoms with Gasteiger partial charge in [0.2, 0.25) is 0 Å². The monoisotopic (exact) mass is 180 g/mol. The topological polar surface area (TPSA) is 80.4 Å². The van der Waals surface area contributed by atoms with Crippen molar-refractivity contribution in [3.63, 3.8) is 0 Å². The Balaban J connectivity index is 0.000000215. The number of nitrogens with one attached hydrogen (secondary N) is 1. The molecule has 2 aromatic rings. The van der Waals surface area contributed by atoms with E-state index in [0.717, 1.165) is 0 Å². The van der Waals surface area contributed by atoms with E-state index in [0.29, 0.717) is 5.75 Å². The molecule has 13 heavy (non-hydrogen) atoms. The van der Waals surface area contributed by atoms with Crippen LogP contribution in [0.15, 0.2) is 48.8 Å². The number of phenols is 1. The predicted octanol–water partition coefficient (Wildman–Crippen LogP) is 0.977. The molecule has 70 valence electrons. The molecule has 0 spiro atoms. The zero-order chi connectivity index (χ0) is 8.65. The van der Waals surface area contributed by atoms with Crippen molar-refractivity contribution in [1.82, 2.24) is 10.2 Å². The van der Waals surface area contributed by atoms with Gasteiger partial charge in [-0.15, -0.1) is 0 Å². The molecule has 4 N–H and O–H groups in total. The molecule has 4 nitrogen and oxygen atoms in total. The second-order valence-corrected chi connectivity index (χ2v) is 2.10. The van der Waals surface area contributed by atoms with Crippen LogP contribution in [0.5, 0.6) is 5.75 Å². The van der Waals surface area contributed by atoms with Crippen LogP contribution in [0, 0.1) is 0 Å². The van der Waals surface area contributed by atoms with Crippen LogP contribution in [-0.2, 0) is 0 Å². The fourth-order valence-corrected chi connectivity index (χ4v) is 0.643. The Morgan fingerprint density at radius 2 is 1.77 bits per heavy atom. The highest BCUT2D eigenvalue weighted by molar-refractivity contribution is 5.18. The van der Waals surface area contributed by atoms with Crippen LogP contribution in [0.4, 0.5) is 0 Å². The van der Waals surface area contributed by atoms with Crippen LogP contribution in [0.25, 0.3) is 0 Å². The summed E-state index contributed by atoms with van der Waals surface area (Å²) in [5, 5.41) is 14.8. The van der Waals surface area contributed by atoms with Gasteiger partial charge in [-0.1, -0.05) is 18.2 Å². The molecule has 0 fully saturated rings. The maximum absolute atomic E-state index is 8.63. The Morgan fingerprint density at radius 3 is 2.00 bits per heavy atom. The summed E-state index contributed by atoms with van der Waals surface area (Å²) >= 11 is 0. The Hall–Kier alpha value is -1.81. The van der Waals surface area contributed by atoms with Crippen molar-refractivity contribution in [2.24, 2.45) is 0 Å². The average molecular weight is 180 g/mol. The number of H-pyrrole nitrogens is 1. The maximum Gasteiger partial charge on any atom is 0.115 e. The number of aromatic nitrogens is 2. The van der Waals surface area contributed by atoms with Gasteiger partial charge in [0.25, 0.3) is 0 Å². The summed E-state index contributed by atoms with van der Waals surface area (Å²) in [4.78, 5) is 0. The van der Waals surface area contributed by atoms with Crippen molar-refractivity contribution >= 4 is 0 Å². The van der Waals surface area contributed by atoms with Gasteiger partial charge in [0.1, 0.15) is 5.75 Å². The number of aromatic amines is 1. The van der Waals surface area contributed by atoms with E-state index in [1.54, 1.807) is 36.7 Å². The highest BCUT2D eigenvalue weighted by Gasteiger charge is 1.74. The summed E-state index contributed by atoms with van der Waals surface area (Å²) in [5.74, 6) is 0.322. The van der Waals surface area contributed by atoms with E-state index in [4.69, 9.17) is 5.11 Å². The van der Waals surface area contributed by atoms with Crippen LogP contribution in [-0.4, -0.2) is 20.8 Å². The average Bonchev–Trinajstić information content (AvgIpc) is 2.62. The van der Waals surface area contributed by atoms with Gasteiger partial charge < -0.3 is 10.6 Å². The van der Waals surface area contributed by atoms with Gasteiger partial charge in [-0.05, 0) is 18.2 Å². The van der Waals surface area contributed by atoms with Crippen molar-refractivity contribution in [1.29, 1.82) is 0 Å². The number of hydrogen-bond acceptors (Lipinski definition) is 2. The summed E-state index contributed by atoms with van der Waals surface area (Å²) in [5.41, 5.74) is 0. The third kappa shape index (κ3) is 5.46. The lowest BCUT2D eigenvalue weighted by Gasteiger charge is -1.82. The second kappa shape index (κ2) is 6.87. The summed E-state index contributed by atoms with van der Waals surface area (Å²) < 4.78 is 0. The van der Waals surface area contributed by atoms with Gasteiger partial charge in [0.15, 0.2) is 0 Å². The molecule has 1 aromatic carbocycles. The minimum Gasteiger partial charge on any atom is -0.508 e. The summed E-state index contributed by atoms with van der Waals surface area (Å²) in [6.45, 7) is 0. The van der Waals surface area contributed by atoms with E-state index in [-0.39, 0.29) is 5.48 Å². The molecule has 0 unspecified atom stereocenters. The molecule has 0 amide bonds. The Kier molecular flexibility index (Phi) is 5.92. The molecule has 0 saturated heterocycles.